The lowest BCUT2D eigenvalue weighted by Gasteiger charge is -2.15. The zero-order valence-corrected chi connectivity index (χ0v) is 11.9. The second-order valence-corrected chi connectivity index (χ2v) is 6.21. The minimum atomic E-state index is 0.170. The predicted octanol–water partition coefficient (Wildman–Crippen LogP) is 3.72. The highest BCUT2D eigenvalue weighted by atomic mass is 32.1. The molecule has 1 rings (SSSR count). The second-order valence-electron chi connectivity index (χ2n) is 5.27. The van der Waals surface area contributed by atoms with Crippen molar-refractivity contribution in [2.75, 3.05) is 0 Å². The standard InChI is InChI=1S/C13H24N2S/c1-6-10(7-2)14-8-12-15-11(9-16-12)13(3,4)5/h9-10,14H,6-8H2,1-5H3. The maximum Gasteiger partial charge on any atom is 0.107 e. The van der Waals surface area contributed by atoms with Crippen molar-refractivity contribution in [1.29, 1.82) is 0 Å². The number of hydrogen-bond acceptors (Lipinski definition) is 3. The normalized spacial score (nSPS) is 12.4. The summed E-state index contributed by atoms with van der Waals surface area (Å²) in [4.78, 5) is 4.68. The van der Waals surface area contributed by atoms with Gasteiger partial charge in [0.25, 0.3) is 0 Å². The molecule has 0 aromatic carbocycles. The van der Waals surface area contributed by atoms with Crippen LogP contribution in [0.4, 0.5) is 0 Å². The van der Waals surface area contributed by atoms with E-state index in [1.807, 2.05) is 0 Å². The molecule has 0 aliphatic rings. The largest absolute Gasteiger partial charge is 0.308 e. The van der Waals surface area contributed by atoms with Crippen LogP contribution in [-0.2, 0) is 12.0 Å². The third-order valence-corrected chi connectivity index (χ3v) is 3.70. The van der Waals surface area contributed by atoms with Gasteiger partial charge in [-0.1, -0.05) is 34.6 Å². The number of aromatic nitrogens is 1. The fourth-order valence-electron chi connectivity index (χ4n) is 1.55. The molecule has 0 saturated carbocycles. The SMILES string of the molecule is CCC(CC)NCc1nc(C(C)(C)C)cs1. The van der Waals surface area contributed by atoms with Gasteiger partial charge in [-0.2, -0.15) is 0 Å². The Balaban J connectivity index is 2.53. The summed E-state index contributed by atoms with van der Waals surface area (Å²) in [6.45, 7) is 12.0. The topological polar surface area (TPSA) is 24.9 Å². The Morgan fingerprint density at radius 2 is 1.94 bits per heavy atom. The van der Waals surface area contributed by atoms with Crippen LogP contribution in [0.25, 0.3) is 0 Å². The maximum absolute atomic E-state index is 4.68. The fraction of sp³-hybridized carbons (Fsp3) is 0.769. The van der Waals surface area contributed by atoms with E-state index in [4.69, 9.17) is 0 Å². The van der Waals surface area contributed by atoms with Gasteiger partial charge in [-0.05, 0) is 12.8 Å². The van der Waals surface area contributed by atoms with E-state index in [1.165, 1.54) is 23.5 Å². The van der Waals surface area contributed by atoms with E-state index in [0.717, 1.165) is 6.54 Å². The molecule has 0 amide bonds. The zero-order chi connectivity index (χ0) is 12.2. The number of hydrogen-bond donors (Lipinski definition) is 1. The molecule has 1 N–H and O–H groups in total. The van der Waals surface area contributed by atoms with E-state index in [1.54, 1.807) is 11.3 Å². The Bertz CT molecular complexity index is 308. The fourth-order valence-corrected chi connectivity index (χ4v) is 2.52. The van der Waals surface area contributed by atoms with Crippen molar-refractivity contribution in [3.05, 3.63) is 16.1 Å². The first-order valence-electron chi connectivity index (χ1n) is 6.15. The van der Waals surface area contributed by atoms with Gasteiger partial charge in [-0.25, -0.2) is 4.98 Å². The number of nitrogens with zero attached hydrogens (tertiary/aromatic N) is 1. The van der Waals surface area contributed by atoms with Crippen LogP contribution < -0.4 is 5.32 Å². The van der Waals surface area contributed by atoms with Crippen LogP contribution in [-0.4, -0.2) is 11.0 Å². The molecule has 0 aliphatic heterocycles. The van der Waals surface area contributed by atoms with Crippen molar-refractivity contribution in [3.8, 4) is 0 Å². The van der Waals surface area contributed by atoms with E-state index < -0.39 is 0 Å². The molecule has 0 spiro atoms. The van der Waals surface area contributed by atoms with Gasteiger partial charge in [0.15, 0.2) is 0 Å². The first-order valence-corrected chi connectivity index (χ1v) is 7.03. The highest BCUT2D eigenvalue weighted by molar-refractivity contribution is 7.09. The Kier molecular flexibility index (Phi) is 4.93. The van der Waals surface area contributed by atoms with E-state index in [0.29, 0.717) is 6.04 Å². The van der Waals surface area contributed by atoms with Gasteiger partial charge in [0.05, 0.1) is 5.69 Å². The van der Waals surface area contributed by atoms with Gasteiger partial charge >= 0.3 is 0 Å². The van der Waals surface area contributed by atoms with Gasteiger partial charge in [0.2, 0.25) is 0 Å². The van der Waals surface area contributed by atoms with Gasteiger partial charge in [0, 0.05) is 23.4 Å². The molecule has 3 heteroatoms. The molecule has 0 atom stereocenters. The van der Waals surface area contributed by atoms with Gasteiger partial charge in [-0.15, -0.1) is 11.3 Å². The lowest BCUT2D eigenvalue weighted by atomic mass is 9.93. The van der Waals surface area contributed by atoms with Gasteiger partial charge in [0.1, 0.15) is 5.01 Å². The predicted molar refractivity (Wildman–Crippen MR) is 72.0 cm³/mol. The third kappa shape index (κ3) is 3.87. The van der Waals surface area contributed by atoms with Crippen molar-refractivity contribution in [2.24, 2.45) is 0 Å². The minimum absolute atomic E-state index is 0.170. The molecule has 0 radical (unpaired) electrons. The minimum Gasteiger partial charge on any atom is -0.308 e. The Morgan fingerprint density at radius 3 is 2.38 bits per heavy atom. The van der Waals surface area contributed by atoms with Crippen molar-refractivity contribution < 1.29 is 0 Å². The second kappa shape index (κ2) is 5.78. The molecule has 92 valence electrons. The Morgan fingerprint density at radius 1 is 1.31 bits per heavy atom. The summed E-state index contributed by atoms with van der Waals surface area (Å²) < 4.78 is 0. The lowest BCUT2D eigenvalue weighted by molar-refractivity contribution is 0.481. The summed E-state index contributed by atoms with van der Waals surface area (Å²) in [7, 11) is 0. The van der Waals surface area contributed by atoms with Gasteiger partial charge in [-0.3, -0.25) is 0 Å². The summed E-state index contributed by atoms with van der Waals surface area (Å²) in [6, 6.07) is 0.627. The Labute approximate surface area is 103 Å². The van der Waals surface area contributed by atoms with E-state index >= 15 is 0 Å². The third-order valence-electron chi connectivity index (χ3n) is 2.85. The average Bonchev–Trinajstić information content (AvgIpc) is 2.67. The number of nitrogens with one attached hydrogen (secondary N) is 1. The van der Waals surface area contributed by atoms with E-state index in [9.17, 15) is 0 Å². The first-order chi connectivity index (χ1) is 7.47. The monoisotopic (exact) mass is 240 g/mol. The first kappa shape index (κ1) is 13.7. The average molecular weight is 240 g/mol. The van der Waals surface area contributed by atoms with Crippen LogP contribution in [0.1, 0.15) is 58.2 Å². The highest BCUT2D eigenvalue weighted by Crippen LogP contribution is 2.23. The molecule has 1 heterocycles. The summed E-state index contributed by atoms with van der Waals surface area (Å²) in [5.41, 5.74) is 1.38. The molecule has 2 nitrogen and oxygen atoms in total. The molecule has 0 bridgehead atoms. The van der Waals surface area contributed by atoms with Crippen molar-refractivity contribution >= 4 is 11.3 Å². The highest BCUT2D eigenvalue weighted by Gasteiger charge is 2.17. The molecule has 0 aliphatic carbocycles. The van der Waals surface area contributed by atoms with Crippen LogP contribution >= 0.6 is 11.3 Å². The Hall–Kier alpha value is -0.410. The summed E-state index contributed by atoms with van der Waals surface area (Å²) in [5.74, 6) is 0. The van der Waals surface area contributed by atoms with Crippen molar-refractivity contribution in [3.63, 3.8) is 0 Å². The molecule has 16 heavy (non-hydrogen) atoms. The number of rotatable bonds is 5. The molecular formula is C13H24N2S. The van der Waals surface area contributed by atoms with Crippen molar-refractivity contribution in [1.82, 2.24) is 10.3 Å². The summed E-state index contributed by atoms with van der Waals surface area (Å²) in [5, 5.41) is 6.94. The molecular weight excluding hydrogens is 216 g/mol. The molecule has 0 saturated heterocycles. The smallest absolute Gasteiger partial charge is 0.107 e. The molecule has 0 fully saturated rings. The van der Waals surface area contributed by atoms with E-state index in [2.05, 4.69) is 50.3 Å². The molecule has 0 unspecified atom stereocenters. The van der Waals surface area contributed by atoms with Crippen LogP contribution in [0.3, 0.4) is 0 Å². The molecule has 1 aromatic heterocycles. The molecule has 1 aromatic rings. The van der Waals surface area contributed by atoms with Crippen LogP contribution in [0.2, 0.25) is 0 Å². The summed E-state index contributed by atoms with van der Waals surface area (Å²) >= 11 is 1.77. The van der Waals surface area contributed by atoms with E-state index in [-0.39, 0.29) is 5.41 Å². The van der Waals surface area contributed by atoms with Gasteiger partial charge < -0.3 is 5.32 Å². The number of thiazole rings is 1. The van der Waals surface area contributed by atoms with Crippen LogP contribution in [0, 0.1) is 0 Å². The van der Waals surface area contributed by atoms with Crippen LogP contribution in [0.15, 0.2) is 5.38 Å². The summed E-state index contributed by atoms with van der Waals surface area (Å²) in [6.07, 6.45) is 2.38. The van der Waals surface area contributed by atoms with Crippen LogP contribution in [0.5, 0.6) is 0 Å². The quantitative estimate of drug-likeness (QED) is 0.848. The lowest BCUT2D eigenvalue weighted by Crippen LogP contribution is -2.27. The maximum atomic E-state index is 4.68. The zero-order valence-electron chi connectivity index (χ0n) is 11.1. The van der Waals surface area contributed by atoms with Crippen molar-refractivity contribution in [2.45, 2.75) is 65.5 Å².